The summed E-state index contributed by atoms with van der Waals surface area (Å²) in [5.41, 5.74) is 3.26. The fourth-order valence-electron chi connectivity index (χ4n) is 2.75. The number of nitrogens with one attached hydrogen (secondary N) is 2. The summed E-state index contributed by atoms with van der Waals surface area (Å²) in [6.07, 6.45) is 0.576. The summed E-state index contributed by atoms with van der Waals surface area (Å²) in [6, 6.07) is 12.7. The number of aryl methyl sites for hydroxylation is 2. The Bertz CT molecular complexity index is 802. The topological polar surface area (TPSA) is 58.2 Å². The molecule has 2 rings (SSSR count). The lowest BCUT2D eigenvalue weighted by Gasteiger charge is -2.21. The molecule has 138 valence electrons. The molecule has 1 atom stereocenters. The van der Waals surface area contributed by atoms with E-state index in [0.29, 0.717) is 12.0 Å². The maximum Gasteiger partial charge on any atom is 0.252 e. The second kappa shape index (κ2) is 9.16. The standard InChI is InChI=1S/C21H25IN2O2/c1-13(2)11-19(24-20(25)17-8-6-5-7-14(17)3)21(26)23-18-10-9-16(22)12-15(18)4/h5-10,12-13,19H,11H2,1-4H3,(H,23,26)(H,24,25)/t19-/m1/s1. The van der Waals surface area contributed by atoms with Gasteiger partial charge in [0.15, 0.2) is 0 Å². The molecule has 0 fully saturated rings. The summed E-state index contributed by atoms with van der Waals surface area (Å²) in [4.78, 5) is 25.4. The molecule has 0 unspecified atom stereocenters. The van der Waals surface area contributed by atoms with E-state index in [1.165, 1.54) is 0 Å². The van der Waals surface area contributed by atoms with Gasteiger partial charge < -0.3 is 10.6 Å². The maximum absolute atomic E-state index is 12.8. The van der Waals surface area contributed by atoms with Crippen molar-refractivity contribution in [2.45, 2.75) is 40.2 Å². The van der Waals surface area contributed by atoms with E-state index in [-0.39, 0.29) is 17.7 Å². The fraction of sp³-hybridized carbons (Fsp3) is 0.333. The van der Waals surface area contributed by atoms with Crippen LogP contribution in [0.15, 0.2) is 42.5 Å². The van der Waals surface area contributed by atoms with Crippen LogP contribution < -0.4 is 10.6 Å². The second-order valence-electron chi connectivity index (χ2n) is 6.92. The molecule has 2 aromatic rings. The quantitative estimate of drug-likeness (QED) is 0.610. The van der Waals surface area contributed by atoms with E-state index in [9.17, 15) is 9.59 Å². The molecule has 0 aliphatic carbocycles. The van der Waals surface area contributed by atoms with Crippen LogP contribution in [0, 0.1) is 23.3 Å². The molecule has 26 heavy (non-hydrogen) atoms. The van der Waals surface area contributed by atoms with Crippen LogP contribution >= 0.6 is 22.6 Å². The van der Waals surface area contributed by atoms with Crippen molar-refractivity contribution in [3.63, 3.8) is 0 Å². The highest BCUT2D eigenvalue weighted by Crippen LogP contribution is 2.19. The molecule has 2 amide bonds. The van der Waals surface area contributed by atoms with E-state index in [2.05, 4.69) is 33.2 Å². The summed E-state index contributed by atoms with van der Waals surface area (Å²) in [6.45, 7) is 7.93. The molecule has 0 aliphatic rings. The number of carbonyl (C=O) groups excluding carboxylic acids is 2. The molecule has 0 aromatic heterocycles. The fourth-order valence-corrected chi connectivity index (χ4v) is 3.40. The highest BCUT2D eigenvalue weighted by Gasteiger charge is 2.23. The van der Waals surface area contributed by atoms with E-state index >= 15 is 0 Å². The highest BCUT2D eigenvalue weighted by atomic mass is 127. The Morgan fingerprint density at radius 1 is 1.04 bits per heavy atom. The monoisotopic (exact) mass is 464 g/mol. The summed E-state index contributed by atoms with van der Waals surface area (Å²) >= 11 is 2.24. The van der Waals surface area contributed by atoms with Crippen molar-refractivity contribution in [3.05, 3.63) is 62.7 Å². The molecule has 0 bridgehead atoms. The molecule has 0 radical (unpaired) electrons. The van der Waals surface area contributed by atoms with Gasteiger partial charge in [0.05, 0.1) is 0 Å². The predicted molar refractivity (Wildman–Crippen MR) is 114 cm³/mol. The third-order valence-electron chi connectivity index (χ3n) is 4.16. The summed E-state index contributed by atoms with van der Waals surface area (Å²) < 4.78 is 1.12. The number of carbonyl (C=O) groups is 2. The lowest BCUT2D eigenvalue weighted by molar-refractivity contribution is -0.118. The van der Waals surface area contributed by atoms with Gasteiger partial charge in [0.1, 0.15) is 6.04 Å². The Labute approximate surface area is 168 Å². The molecular formula is C21H25IN2O2. The Kier molecular flexibility index (Phi) is 7.20. The minimum Gasteiger partial charge on any atom is -0.340 e. The predicted octanol–water partition coefficient (Wildman–Crippen LogP) is 4.69. The Hall–Kier alpha value is -1.89. The number of hydrogen-bond donors (Lipinski definition) is 2. The van der Waals surface area contributed by atoms with Gasteiger partial charge in [0.25, 0.3) is 5.91 Å². The normalized spacial score (nSPS) is 11.9. The number of anilines is 1. The molecule has 5 heteroatoms. The first kappa shape index (κ1) is 20.4. The van der Waals surface area contributed by atoms with Crippen molar-refractivity contribution in [1.82, 2.24) is 5.32 Å². The van der Waals surface area contributed by atoms with E-state index in [1.807, 2.05) is 64.1 Å². The van der Waals surface area contributed by atoms with Gasteiger partial charge in [-0.15, -0.1) is 0 Å². The van der Waals surface area contributed by atoms with Crippen LogP contribution in [-0.2, 0) is 4.79 Å². The van der Waals surface area contributed by atoms with Gasteiger partial charge >= 0.3 is 0 Å². The second-order valence-corrected chi connectivity index (χ2v) is 8.16. The molecule has 4 nitrogen and oxygen atoms in total. The van der Waals surface area contributed by atoms with Crippen LogP contribution in [0.5, 0.6) is 0 Å². The zero-order valence-electron chi connectivity index (χ0n) is 15.6. The SMILES string of the molecule is Cc1cc(I)ccc1NC(=O)[C@@H](CC(C)C)NC(=O)c1ccccc1C. The number of amides is 2. The van der Waals surface area contributed by atoms with Gasteiger partial charge in [0.2, 0.25) is 5.91 Å². The van der Waals surface area contributed by atoms with Crippen LogP contribution in [0.4, 0.5) is 5.69 Å². The van der Waals surface area contributed by atoms with Crippen molar-refractivity contribution in [1.29, 1.82) is 0 Å². The van der Waals surface area contributed by atoms with E-state index in [1.54, 1.807) is 6.07 Å². The Balaban J connectivity index is 2.16. The van der Waals surface area contributed by atoms with Crippen LogP contribution in [0.3, 0.4) is 0 Å². The molecule has 0 heterocycles. The van der Waals surface area contributed by atoms with E-state index in [0.717, 1.165) is 20.4 Å². The van der Waals surface area contributed by atoms with Crippen LogP contribution in [0.25, 0.3) is 0 Å². The van der Waals surface area contributed by atoms with Crippen molar-refractivity contribution >= 4 is 40.1 Å². The molecule has 0 aliphatic heterocycles. The molecule has 2 aromatic carbocycles. The third kappa shape index (κ3) is 5.56. The molecule has 2 N–H and O–H groups in total. The number of hydrogen-bond acceptors (Lipinski definition) is 2. The van der Waals surface area contributed by atoms with Gasteiger partial charge in [-0.25, -0.2) is 0 Å². The average molecular weight is 464 g/mol. The summed E-state index contributed by atoms with van der Waals surface area (Å²) in [7, 11) is 0. The third-order valence-corrected chi connectivity index (χ3v) is 4.84. The first-order valence-corrected chi connectivity index (χ1v) is 9.79. The minimum absolute atomic E-state index is 0.190. The average Bonchev–Trinajstić information content (AvgIpc) is 2.56. The van der Waals surface area contributed by atoms with Crippen LogP contribution in [0.2, 0.25) is 0 Å². The van der Waals surface area contributed by atoms with Gasteiger partial charge in [-0.1, -0.05) is 32.0 Å². The first-order valence-electron chi connectivity index (χ1n) is 8.71. The van der Waals surface area contributed by atoms with Crippen molar-refractivity contribution in [2.75, 3.05) is 5.32 Å². The zero-order valence-corrected chi connectivity index (χ0v) is 17.8. The van der Waals surface area contributed by atoms with Gasteiger partial charge in [-0.05, 0) is 84.2 Å². The minimum atomic E-state index is -0.583. The van der Waals surface area contributed by atoms with Gasteiger partial charge in [0, 0.05) is 14.8 Å². The largest absolute Gasteiger partial charge is 0.340 e. The summed E-state index contributed by atoms with van der Waals surface area (Å²) in [5.74, 6) is -0.131. The number of rotatable bonds is 6. The molecule has 0 saturated heterocycles. The van der Waals surface area contributed by atoms with E-state index < -0.39 is 6.04 Å². The van der Waals surface area contributed by atoms with Gasteiger partial charge in [-0.2, -0.15) is 0 Å². The Morgan fingerprint density at radius 3 is 2.35 bits per heavy atom. The van der Waals surface area contributed by atoms with Crippen LogP contribution in [0.1, 0.15) is 41.8 Å². The van der Waals surface area contributed by atoms with Crippen molar-refractivity contribution in [3.8, 4) is 0 Å². The van der Waals surface area contributed by atoms with Crippen molar-refractivity contribution < 1.29 is 9.59 Å². The zero-order chi connectivity index (χ0) is 19.3. The van der Waals surface area contributed by atoms with Crippen LogP contribution in [-0.4, -0.2) is 17.9 Å². The molecule has 0 saturated carbocycles. The smallest absolute Gasteiger partial charge is 0.252 e. The lowest BCUT2D eigenvalue weighted by atomic mass is 10.0. The van der Waals surface area contributed by atoms with E-state index in [4.69, 9.17) is 0 Å². The lowest BCUT2D eigenvalue weighted by Crippen LogP contribution is -2.44. The highest BCUT2D eigenvalue weighted by molar-refractivity contribution is 14.1. The van der Waals surface area contributed by atoms with Crippen molar-refractivity contribution in [2.24, 2.45) is 5.92 Å². The number of halogens is 1. The first-order chi connectivity index (χ1) is 12.3. The Morgan fingerprint density at radius 2 is 1.73 bits per heavy atom. The molecular weight excluding hydrogens is 439 g/mol. The maximum atomic E-state index is 12.8. The number of benzene rings is 2. The summed E-state index contributed by atoms with van der Waals surface area (Å²) in [5, 5.41) is 5.86. The molecule has 0 spiro atoms. The van der Waals surface area contributed by atoms with Gasteiger partial charge in [-0.3, -0.25) is 9.59 Å².